The van der Waals surface area contributed by atoms with Gasteiger partial charge in [-0.15, -0.1) is 0 Å². The molecule has 2 rings (SSSR count). The molecule has 0 amide bonds. The molecule has 0 aliphatic heterocycles. The van der Waals surface area contributed by atoms with Gasteiger partial charge in [0.2, 0.25) is 0 Å². The summed E-state index contributed by atoms with van der Waals surface area (Å²) in [7, 11) is 1.86. The smallest absolute Gasteiger partial charge is 0.143 e. The van der Waals surface area contributed by atoms with Crippen LogP contribution in [0.2, 0.25) is 5.02 Å². The Balaban J connectivity index is 2.80. The van der Waals surface area contributed by atoms with Crippen molar-refractivity contribution in [3.8, 4) is 0 Å². The first-order chi connectivity index (χ1) is 6.63. The number of rotatable bonds is 1. The molecule has 4 heteroatoms. The number of nitrogens with two attached hydrogens (primary N) is 1. The summed E-state index contributed by atoms with van der Waals surface area (Å²) in [4.78, 5) is 0. The summed E-state index contributed by atoms with van der Waals surface area (Å²) in [5.74, 6) is -0.399. The summed E-state index contributed by atoms with van der Waals surface area (Å²) in [6, 6.07) is 4.96. The quantitative estimate of drug-likeness (QED) is 0.774. The third-order valence-electron chi connectivity index (χ3n) is 2.39. The molecule has 1 aromatic carbocycles. The molecule has 1 heterocycles. The Morgan fingerprint density at radius 3 is 2.79 bits per heavy atom. The third-order valence-corrected chi connectivity index (χ3v) is 2.68. The summed E-state index contributed by atoms with van der Waals surface area (Å²) >= 11 is 5.68. The zero-order chi connectivity index (χ0) is 10.3. The van der Waals surface area contributed by atoms with Crippen molar-refractivity contribution in [2.75, 3.05) is 0 Å². The predicted octanol–water partition coefficient (Wildman–Crippen LogP) is 2.43. The Morgan fingerprint density at radius 2 is 2.14 bits per heavy atom. The molecule has 2 nitrogen and oxygen atoms in total. The minimum Gasteiger partial charge on any atom is -0.346 e. The van der Waals surface area contributed by atoms with Gasteiger partial charge in [-0.2, -0.15) is 0 Å². The lowest BCUT2D eigenvalue weighted by atomic mass is 10.2. The molecule has 74 valence electrons. The Labute approximate surface area is 86.1 Å². The van der Waals surface area contributed by atoms with Crippen LogP contribution in [0.15, 0.2) is 18.2 Å². The molecule has 0 spiro atoms. The second-order valence-corrected chi connectivity index (χ2v) is 3.63. The molecule has 0 saturated heterocycles. The maximum absolute atomic E-state index is 13.2. The number of nitrogens with zero attached hydrogens (tertiary/aromatic N) is 1. The van der Waals surface area contributed by atoms with Crippen molar-refractivity contribution >= 4 is 22.5 Å². The van der Waals surface area contributed by atoms with Crippen LogP contribution in [0, 0.1) is 5.82 Å². The van der Waals surface area contributed by atoms with Gasteiger partial charge in [0.15, 0.2) is 0 Å². The Hall–Kier alpha value is -1.06. The van der Waals surface area contributed by atoms with Crippen LogP contribution in [-0.4, -0.2) is 4.57 Å². The highest BCUT2D eigenvalue weighted by Crippen LogP contribution is 2.25. The van der Waals surface area contributed by atoms with E-state index in [4.69, 9.17) is 17.3 Å². The lowest BCUT2D eigenvalue weighted by Crippen LogP contribution is -2.02. The lowest BCUT2D eigenvalue weighted by Gasteiger charge is -2.01. The van der Waals surface area contributed by atoms with Gasteiger partial charge in [0, 0.05) is 24.7 Å². The van der Waals surface area contributed by atoms with E-state index in [2.05, 4.69) is 0 Å². The van der Waals surface area contributed by atoms with Crippen LogP contribution in [0.25, 0.3) is 10.9 Å². The van der Waals surface area contributed by atoms with Crippen molar-refractivity contribution in [2.24, 2.45) is 12.8 Å². The van der Waals surface area contributed by atoms with E-state index in [-0.39, 0.29) is 5.02 Å². The molecule has 0 aliphatic rings. The summed E-state index contributed by atoms with van der Waals surface area (Å²) in [5.41, 5.74) is 7.32. The maximum Gasteiger partial charge on any atom is 0.143 e. The number of hydrogen-bond acceptors (Lipinski definition) is 1. The summed E-state index contributed by atoms with van der Waals surface area (Å²) in [6.07, 6.45) is 0. The molecule has 0 fully saturated rings. The first kappa shape index (κ1) is 9.49. The molecule has 1 aromatic heterocycles. The second-order valence-electron chi connectivity index (χ2n) is 3.22. The van der Waals surface area contributed by atoms with E-state index in [0.29, 0.717) is 6.54 Å². The van der Waals surface area contributed by atoms with Crippen molar-refractivity contribution in [2.45, 2.75) is 6.54 Å². The molecule has 2 N–H and O–H groups in total. The second kappa shape index (κ2) is 3.26. The molecule has 2 aromatic rings. The van der Waals surface area contributed by atoms with Gasteiger partial charge in [0.1, 0.15) is 5.82 Å². The number of aromatic nitrogens is 1. The van der Waals surface area contributed by atoms with Gasteiger partial charge in [-0.1, -0.05) is 11.6 Å². The van der Waals surface area contributed by atoms with Crippen LogP contribution in [0.1, 0.15) is 5.69 Å². The normalized spacial score (nSPS) is 11.1. The fraction of sp³-hybridized carbons (Fsp3) is 0.200. The molecular formula is C10H10ClFN2. The minimum absolute atomic E-state index is 0.145. The largest absolute Gasteiger partial charge is 0.346 e. The van der Waals surface area contributed by atoms with Gasteiger partial charge in [-0.3, -0.25) is 0 Å². The van der Waals surface area contributed by atoms with Crippen molar-refractivity contribution in [1.29, 1.82) is 0 Å². The summed E-state index contributed by atoms with van der Waals surface area (Å²) in [5, 5.41) is 1.06. The van der Waals surface area contributed by atoms with Crippen LogP contribution in [0.5, 0.6) is 0 Å². The zero-order valence-electron chi connectivity index (χ0n) is 7.72. The van der Waals surface area contributed by atoms with Crippen molar-refractivity contribution in [3.63, 3.8) is 0 Å². The van der Waals surface area contributed by atoms with E-state index in [1.54, 1.807) is 6.07 Å². The van der Waals surface area contributed by atoms with Crippen LogP contribution < -0.4 is 5.73 Å². The van der Waals surface area contributed by atoms with Crippen molar-refractivity contribution < 1.29 is 4.39 Å². The fourth-order valence-corrected chi connectivity index (χ4v) is 1.76. The Morgan fingerprint density at radius 1 is 1.43 bits per heavy atom. The SMILES string of the molecule is Cn1c(CN)cc2cc(Cl)c(F)cc21. The molecule has 0 bridgehead atoms. The monoisotopic (exact) mass is 212 g/mol. The van der Waals surface area contributed by atoms with Gasteiger partial charge in [0.25, 0.3) is 0 Å². The number of hydrogen-bond donors (Lipinski definition) is 1. The highest BCUT2D eigenvalue weighted by Gasteiger charge is 2.08. The average molecular weight is 213 g/mol. The molecule has 0 unspecified atom stereocenters. The Kier molecular flexibility index (Phi) is 2.21. The summed E-state index contributed by atoms with van der Waals surface area (Å²) < 4.78 is 15.0. The van der Waals surface area contributed by atoms with Crippen LogP contribution in [0.4, 0.5) is 4.39 Å². The van der Waals surface area contributed by atoms with E-state index in [1.807, 2.05) is 17.7 Å². The van der Waals surface area contributed by atoms with Crippen LogP contribution in [0.3, 0.4) is 0 Å². The van der Waals surface area contributed by atoms with Gasteiger partial charge in [-0.05, 0) is 18.2 Å². The molecule has 0 aliphatic carbocycles. The minimum atomic E-state index is -0.399. The molecule has 0 radical (unpaired) electrons. The Bertz CT molecular complexity index is 490. The summed E-state index contributed by atoms with van der Waals surface area (Å²) in [6.45, 7) is 0.435. The molecule has 14 heavy (non-hydrogen) atoms. The van der Waals surface area contributed by atoms with E-state index < -0.39 is 5.82 Å². The molecule has 0 saturated carbocycles. The van der Waals surface area contributed by atoms with E-state index in [9.17, 15) is 4.39 Å². The van der Waals surface area contributed by atoms with Gasteiger partial charge in [0.05, 0.1) is 10.5 Å². The van der Waals surface area contributed by atoms with Crippen molar-refractivity contribution in [1.82, 2.24) is 4.57 Å². The molecular weight excluding hydrogens is 203 g/mol. The fourth-order valence-electron chi connectivity index (χ4n) is 1.58. The van der Waals surface area contributed by atoms with E-state index in [0.717, 1.165) is 16.6 Å². The first-order valence-electron chi connectivity index (χ1n) is 4.27. The first-order valence-corrected chi connectivity index (χ1v) is 4.64. The van der Waals surface area contributed by atoms with Gasteiger partial charge in [-0.25, -0.2) is 4.39 Å². The predicted molar refractivity (Wildman–Crippen MR) is 55.8 cm³/mol. The van der Waals surface area contributed by atoms with Crippen LogP contribution >= 0.6 is 11.6 Å². The lowest BCUT2D eigenvalue weighted by molar-refractivity contribution is 0.629. The van der Waals surface area contributed by atoms with Crippen LogP contribution in [-0.2, 0) is 13.6 Å². The van der Waals surface area contributed by atoms with Gasteiger partial charge >= 0.3 is 0 Å². The van der Waals surface area contributed by atoms with Crippen molar-refractivity contribution in [3.05, 3.63) is 34.7 Å². The maximum atomic E-state index is 13.2. The standard InChI is InChI=1S/C10H10ClFN2/c1-14-7(5-13)2-6-3-8(11)9(12)4-10(6)14/h2-4H,5,13H2,1H3. The number of benzene rings is 1. The van der Waals surface area contributed by atoms with E-state index in [1.165, 1.54) is 6.07 Å². The topological polar surface area (TPSA) is 30.9 Å². The highest BCUT2D eigenvalue weighted by molar-refractivity contribution is 6.31. The zero-order valence-corrected chi connectivity index (χ0v) is 8.48. The number of fused-ring (bicyclic) bond motifs is 1. The highest BCUT2D eigenvalue weighted by atomic mass is 35.5. The van der Waals surface area contributed by atoms with E-state index >= 15 is 0 Å². The molecule has 0 atom stereocenters. The number of aryl methyl sites for hydroxylation is 1. The third kappa shape index (κ3) is 1.29. The number of halogens is 2. The average Bonchev–Trinajstić information content (AvgIpc) is 2.45. The van der Waals surface area contributed by atoms with Gasteiger partial charge < -0.3 is 10.3 Å².